The summed E-state index contributed by atoms with van der Waals surface area (Å²) >= 11 is 0. The minimum absolute atomic E-state index is 0.835. The molecule has 0 aliphatic heterocycles. The predicted octanol–water partition coefficient (Wildman–Crippen LogP) is 5.13. The second kappa shape index (κ2) is 14.5. The summed E-state index contributed by atoms with van der Waals surface area (Å²) in [5.74, 6) is 0.835. The molecule has 0 aromatic heterocycles. The van der Waals surface area contributed by atoms with Crippen LogP contribution in [0.25, 0.3) is 0 Å². The number of nitrogens with one attached hydrogen (secondary N) is 1. The minimum Gasteiger partial charge on any atom is -0.389 e. The van der Waals surface area contributed by atoms with Crippen molar-refractivity contribution in [3.8, 4) is 0 Å². The molecule has 0 heterocycles. The molecule has 98 valence electrons. The molecule has 0 saturated carbocycles. The van der Waals surface area contributed by atoms with Crippen LogP contribution in [0.3, 0.4) is 0 Å². The number of rotatable bonds is 9. The first-order chi connectivity index (χ1) is 7.74. The molecule has 0 aromatic carbocycles. The van der Waals surface area contributed by atoms with Crippen LogP contribution in [0.5, 0.6) is 0 Å². The van der Waals surface area contributed by atoms with Gasteiger partial charge in [0, 0.05) is 12.2 Å². The van der Waals surface area contributed by atoms with E-state index in [9.17, 15) is 0 Å². The standard InChI is InChI=1S/C13H27N.C2H6/c1-5-8-10-14-12(4)11-13(7-3)9-6-2;1-2/h13-14H,4-11H2,1-3H3;1-2H3. The van der Waals surface area contributed by atoms with Gasteiger partial charge in [-0.2, -0.15) is 0 Å². The molecule has 16 heavy (non-hydrogen) atoms. The maximum absolute atomic E-state index is 4.09. The third kappa shape index (κ3) is 11.6. The quantitative estimate of drug-likeness (QED) is 0.538. The van der Waals surface area contributed by atoms with E-state index < -0.39 is 0 Å². The molecule has 1 atom stereocenters. The Bertz CT molecular complexity index is 140. The van der Waals surface area contributed by atoms with Crippen molar-refractivity contribution in [3.63, 3.8) is 0 Å². The van der Waals surface area contributed by atoms with E-state index >= 15 is 0 Å². The molecule has 0 amide bonds. The Morgan fingerprint density at radius 2 is 1.75 bits per heavy atom. The van der Waals surface area contributed by atoms with Gasteiger partial charge in [-0.15, -0.1) is 0 Å². The van der Waals surface area contributed by atoms with Gasteiger partial charge in [0.25, 0.3) is 0 Å². The first-order valence-corrected chi connectivity index (χ1v) is 7.16. The molecule has 0 rings (SSSR count). The Morgan fingerprint density at radius 1 is 1.12 bits per heavy atom. The fourth-order valence-corrected chi connectivity index (χ4v) is 1.72. The zero-order chi connectivity index (χ0) is 12.8. The van der Waals surface area contributed by atoms with Gasteiger partial charge in [0.15, 0.2) is 0 Å². The van der Waals surface area contributed by atoms with E-state index in [0.717, 1.165) is 18.9 Å². The van der Waals surface area contributed by atoms with Crippen LogP contribution in [-0.4, -0.2) is 6.54 Å². The van der Waals surface area contributed by atoms with Crippen molar-refractivity contribution in [2.45, 2.75) is 73.1 Å². The molecule has 1 unspecified atom stereocenters. The fourth-order valence-electron chi connectivity index (χ4n) is 1.72. The Kier molecular flexibility index (Phi) is 16.3. The molecule has 0 bridgehead atoms. The van der Waals surface area contributed by atoms with Crippen molar-refractivity contribution < 1.29 is 0 Å². The van der Waals surface area contributed by atoms with E-state index in [1.54, 1.807) is 0 Å². The normalized spacial score (nSPS) is 11.3. The molecule has 0 aromatic rings. The summed E-state index contributed by atoms with van der Waals surface area (Å²) in [7, 11) is 0. The number of allylic oxidation sites excluding steroid dienone is 1. The topological polar surface area (TPSA) is 12.0 Å². The first kappa shape index (κ1) is 17.9. The summed E-state index contributed by atoms with van der Waals surface area (Å²) in [6.45, 7) is 15.9. The molecular weight excluding hydrogens is 194 g/mol. The summed E-state index contributed by atoms with van der Waals surface area (Å²) in [4.78, 5) is 0. The Morgan fingerprint density at radius 3 is 2.19 bits per heavy atom. The maximum Gasteiger partial charge on any atom is 0.0143 e. The van der Waals surface area contributed by atoms with Gasteiger partial charge in [0.1, 0.15) is 0 Å². The van der Waals surface area contributed by atoms with Gasteiger partial charge >= 0.3 is 0 Å². The first-order valence-electron chi connectivity index (χ1n) is 7.16. The van der Waals surface area contributed by atoms with Gasteiger partial charge < -0.3 is 5.32 Å². The van der Waals surface area contributed by atoms with E-state index in [1.807, 2.05) is 13.8 Å². The van der Waals surface area contributed by atoms with E-state index in [1.165, 1.54) is 37.8 Å². The maximum atomic E-state index is 4.09. The smallest absolute Gasteiger partial charge is 0.0143 e. The van der Waals surface area contributed by atoms with Crippen LogP contribution in [-0.2, 0) is 0 Å². The third-order valence-corrected chi connectivity index (χ3v) is 2.71. The molecule has 1 nitrogen and oxygen atoms in total. The van der Waals surface area contributed by atoms with Gasteiger partial charge in [-0.3, -0.25) is 0 Å². The largest absolute Gasteiger partial charge is 0.389 e. The van der Waals surface area contributed by atoms with Crippen LogP contribution in [0.2, 0.25) is 0 Å². The van der Waals surface area contributed by atoms with Crippen molar-refractivity contribution >= 4 is 0 Å². The van der Waals surface area contributed by atoms with Crippen LogP contribution in [0.4, 0.5) is 0 Å². The lowest BCUT2D eigenvalue weighted by molar-refractivity contribution is 0.448. The second-order valence-electron chi connectivity index (χ2n) is 4.15. The summed E-state index contributed by atoms with van der Waals surface area (Å²) in [6.07, 6.45) is 7.58. The Balaban J connectivity index is 0. The van der Waals surface area contributed by atoms with Crippen molar-refractivity contribution in [1.29, 1.82) is 0 Å². The molecule has 0 saturated heterocycles. The lowest BCUT2D eigenvalue weighted by atomic mass is 9.96. The van der Waals surface area contributed by atoms with Crippen LogP contribution < -0.4 is 5.32 Å². The molecule has 0 spiro atoms. The van der Waals surface area contributed by atoms with Crippen LogP contribution in [0.1, 0.15) is 73.1 Å². The lowest BCUT2D eigenvalue weighted by Gasteiger charge is -2.16. The SMILES string of the molecule is C=C(CC(CC)CCC)NCCCC.CC. The Hall–Kier alpha value is -0.460. The molecule has 0 aliphatic carbocycles. The van der Waals surface area contributed by atoms with Gasteiger partial charge in [0.05, 0.1) is 0 Å². The van der Waals surface area contributed by atoms with Crippen LogP contribution >= 0.6 is 0 Å². The van der Waals surface area contributed by atoms with E-state index in [2.05, 4.69) is 32.7 Å². The zero-order valence-electron chi connectivity index (χ0n) is 12.2. The zero-order valence-corrected chi connectivity index (χ0v) is 12.2. The van der Waals surface area contributed by atoms with Crippen LogP contribution in [0.15, 0.2) is 12.3 Å². The second-order valence-corrected chi connectivity index (χ2v) is 4.15. The minimum atomic E-state index is 0.835. The highest BCUT2D eigenvalue weighted by Crippen LogP contribution is 2.18. The monoisotopic (exact) mass is 227 g/mol. The van der Waals surface area contributed by atoms with Gasteiger partial charge in [-0.25, -0.2) is 0 Å². The molecule has 0 fully saturated rings. The number of hydrogen-bond donors (Lipinski definition) is 1. The molecule has 0 radical (unpaired) electrons. The molecular formula is C15H33N. The average molecular weight is 227 g/mol. The lowest BCUT2D eigenvalue weighted by Crippen LogP contribution is -2.16. The van der Waals surface area contributed by atoms with Gasteiger partial charge in [-0.05, 0) is 18.8 Å². The third-order valence-electron chi connectivity index (χ3n) is 2.71. The van der Waals surface area contributed by atoms with Crippen molar-refractivity contribution in [2.75, 3.05) is 6.54 Å². The number of hydrogen-bond acceptors (Lipinski definition) is 1. The van der Waals surface area contributed by atoms with Gasteiger partial charge in [-0.1, -0.05) is 66.9 Å². The predicted molar refractivity (Wildman–Crippen MR) is 76.7 cm³/mol. The summed E-state index contributed by atoms with van der Waals surface area (Å²) in [5.41, 5.74) is 1.23. The Labute approximate surface area is 104 Å². The highest BCUT2D eigenvalue weighted by molar-refractivity contribution is 4.92. The molecule has 1 heteroatoms. The average Bonchev–Trinajstić information content (AvgIpc) is 2.31. The summed E-state index contributed by atoms with van der Waals surface area (Å²) in [6, 6.07) is 0. The molecule has 1 N–H and O–H groups in total. The highest BCUT2D eigenvalue weighted by atomic mass is 14.9. The van der Waals surface area contributed by atoms with E-state index in [4.69, 9.17) is 0 Å². The fraction of sp³-hybridized carbons (Fsp3) is 0.867. The van der Waals surface area contributed by atoms with Gasteiger partial charge in [0.2, 0.25) is 0 Å². The van der Waals surface area contributed by atoms with Crippen LogP contribution in [0, 0.1) is 5.92 Å². The van der Waals surface area contributed by atoms with Crippen molar-refractivity contribution in [3.05, 3.63) is 12.3 Å². The van der Waals surface area contributed by atoms with E-state index in [-0.39, 0.29) is 0 Å². The number of unbranched alkanes of at least 4 members (excludes halogenated alkanes) is 1. The molecule has 0 aliphatic rings. The van der Waals surface area contributed by atoms with Crippen molar-refractivity contribution in [2.24, 2.45) is 5.92 Å². The van der Waals surface area contributed by atoms with Crippen molar-refractivity contribution in [1.82, 2.24) is 5.32 Å². The summed E-state index contributed by atoms with van der Waals surface area (Å²) in [5, 5.41) is 3.41. The highest BCUT2D eigenvalue weighted by Gasteiger charge is 2.06. The summed E-state index contributed by atoms with van der Waals surface area (Å²) < 4.78 is 0. The van der Waals surface area contributed by atoms with E-state index in [0.29, 0.717) is 0 Å².